The molecule has 4 rings (SSSR count). The molecule has 17 heavy (non-hydrogen) atoms. The quantitative estimate of drug-likeness (QED) is 0.832. The van der Waals surface area contributed by atoms with Gasteiger partial charge in [0, 0.05) is 6.54 Å². The topological polar surface area (TPSA) is 54.9 Å². The summed E-state index contributed by atoms with van der Waals surface area (Å²) in [5, 5.41) is 6.67. The first-order valence-corrected chi connectivity index (χ1v) is 6.84. The molecule has 3 aliphatic rings. The molecule has 0 aliphatic heterocycles. The largest absolute Gasteiger partial charge is 0.351 e. The number of aromatic nitrogens is 2. The Balaban J connectivity index is 1.55. The van der Waals surface area contributed by atoms with Crippen molar-refractivity contribution in [3.05, 3.63) is 23.2 Å². The minimum Gasteiger partial charge on any atom is -0.351 e. The Bertz CT molecular complexity index is 429. The molecule has 3 aliphatic carbocycles. The Labute approximate surface area is 104 Å². The van der Waals surface area contributed by atoms with E-state index in [-0.39, 0.29) is 5.91 Å². The highest BCUT2D eigenvalue weighted by Crippen LogP contribution is 2.39. The molecule has 1 aromatic heterocycles. The van der Waals surface area contributed by atoms with Gasteiger partial charge in [-0.1, -0.05) is 16.6 Å². The zero-order chi connectivity index (χ0) is 11.7. The number of amides is 1. The van der Waals surface area contributed by atoms with Crippen LogP contribution in [-0.4, -0.2) is 22.0 Å². The number of hydrogen-bond acceptors (Lipinski definition) is 4. The zero-order valence-corrected chi connectivity index (χ0v) is 10.3. The van der Waals surface area contributed by atoms with Crippen LogP contribution in [0.5, 0.6) is 0 Å². The van der Waals surface area contributed by atoms with Crippen molar-refractivity contribution >= 4 is 17.4 Å². The van der Waals surface area contributed by atoms with E-state index in [1.165, 1.54) is 25.5 Å². The van der Waals surface area contributed by atoms with Crippen molar-refractivity contribution in [1.29, 1.82) is 0 Å². The van der Waals surface area contributed by atoms with E-state index in [9.17, 15) is 4.79 Å². The fourth-order valence-corrected chi connectivity index (χ4v) is 3.30. The number of carbonyl (C=O) groups is 1. The van der Waals surface area contributed by atoms with E-state index < -0.39 is 0 Å². The minimum atomic E-state index is -0.0366. The van der Waals surface area contributed by atoms with Gasteiger partial charge in [-0.05, 0) is 48.5 Å². The van der Waals surface area contributed by atoms with Crippen LogP contribution in [0, 0.1) is 17.8 Å². The van der Waals surface area contributed by atoms with Gasteiger partial charge in [0.1, 0.15) is 4.88 Å². The van der Waals surface area contributed by atoms with Crippen molar-refractivity contribution < 1.29 is 4.79 Å². The van der Waals surface area contributed by atoms with E-state index in [1.807, 2.05) is 0 Å². The SMILES string of the molecule is O=C(NCC1CC2C=CC1CC2)c1cnns1. The number of rotatable bonds is 3. The van der Waals surface area contributed by atoms with Gasteiger partial charge >= 0.3 is 0 Å². The van der Waals surface area contributed by atoms with Gasteiger partial charge in [-0.3, -0.25) is 4.79 Å². The summed E-state index contributed by atoms with van der Waals surface area (Å²) in [5.41, 5.74) is 0. The average molecular weight is 249 g/mol. The van der Waals surface area contributed by atoms with E-state index >= 15 is 0 Å². The van der Waals surface area contributed by atoms with E-state index in [0.29, 0.717) is 16.7 Å². The summed E-state index contributed by atoms with van der Waals surface area (Å²) in [6, 6.07) is 0. The number of fused-ring (bicyclic) bond motifs is 2. The maximum absolute atomic E-state index is 11.8. The highest BCUT2D eigenvalue weighted by Gasteiger charge is 2.31. The molecule has 3 unspecified atom stereocenters. The van der Waals surface area contributed by atoms with Crippen LogP contribution in [0.15, 0.2) is 18.3 Å². The summed E-state index contributed by atoms with van der Waals surface area (Å²) in [5.74, 6) is 1.99. The number of nitrogens with zero attached hydrogens (tertiary/aromatic N) is 2. The molecular weight excluding hydrogens is 234 g/mol. The minimum absolute atomic E-state index is 0.0366. The Hall–Kier alpha value is -1.23. The lowest BCUT2D eigenvalue weighted by Crippen LogP contribution is -2.37. The highest BCUT2D eigenvalue weighted by molar-refractivity contribution is 7.07. The Morgan fingerprint density at radius 3 is 3.00 bits per heavy atom. The van der Waals surface area contributed by atoms with Crippen molar-refractivity contribution in [2.45, 2.75) is 19.3 Å². The highest BCUT2D eigenvalue weighted by atomic mass is 32.1. The molecule has 0 saturated heterocycles. The van der Waals surface area contributed by atoms with Crippen LogP contribution in [0.1, 0.15) is 28.9 Å². The summed E-state index contributed by atoms with van der Waals surface area (Å²) in [4.78, 5) is 12.4. The first kappa shape index (κ1) is 10.9. The summed E-state index contributed by atoms with van der Waals surface area (Å²) in [6.07, 6.45) is 10.0. The van der Waals surface area contributed by atoms with E-state index in [1.54, 1.807) is 0 Å². The molecular formula is C12H15N3OS. The second-order valence-electron chi connectivity index (χ2n) is 4.87. The first-order chi connectivity index (χ1) is 8.33. The van der Waals surface area contributed by atoms with Gasteiger partial charge < -0.3 is 5.32 Å². The van der Waals surface area contributed by atoms with Gasteiger partial charge in [-0.25, -0.2) is 0 Å². The summed E-state index contributed by atoms with van der Waals surface area (Å²) < 4.78 is 3.70. The van der Waals surface area contributed by atoms with Crippen LogP contribution in [0.25, 0.3) is 0 Å². The molecule has 0 aromatic carbocycles. The van der Waals surface area contributed by atoms with Crippen LogP contribution >= 0.6 is 11.5 Å². The van der Waals surface area contributed by atoms with E-state index in [2.05, 4.69) is 27.1 Å². The van der Waals surface area contributed by atoms with Crippen LogP contribution in [0.3, 0.4) is 0 Å². The molecule has 90 valence electrons. The second-order valence-corrected chi connectivity index (χ2v) is 5.66. The lowest BCUT2D eigenvalue weighted by molar-refractivity contribution is 0.0936. The van der Waals surface area contributed by atoms with E-state index in [0.717, 1.165) is 24.0 Å². The summed E-state index contributed by atoms with van der Waals surface area (Å²) >= 11 is 1.15. The standard InChI is InChI=1S/C12H15N3OS/c16-12(11-7-14-15-17-11)13-6-10-5-8-1-3-9(10)4-2-8/h1,3,7-10H,2,4-6H2,(H,13,16). The van der Waals surface area contributed by atoms with Crippen molar-refractivity contribution in [2.75, 3.05) is 6.54 Å². The normalized spacial score (nSPS) is 30.5. The molecule has 4 nitrogen and oxygen atoms in total. The van der Waals surface area contributed by atoms with Crippen molar-refractivity contribution in [2.24, 2.45) is 17.8 Å². The Kier molecular flexibility index (Phi) is 2.93. The molecule has 1 saturated carbocycles. The molecule has 1 N–H and O–H groups in total. The third-order valence-electron chi connectivity index (χ3n) is 3.82. The molecule has 5 heteroatoms. The molecule has 1 fully saturated rings. The van der Waals surface area contributed by atoms with Gasteiger partial charge in [0.05, 0.1) is 6.20 Å². The maximum Gasteiger partial charge on any atom is 0.264 e. The van der Waals surface area contributed by atoms with Crippen LogP contribution in [0.2, 0.25) is 0 Å². The van der Waals surface area contributed by atoms with Crippen molar-refractivity contribution in [3.63, 3.8) is 0 Å². The monoisotopic (exact) mass is 249 g/mol. The third kappa shape index (κ3) is 2.24. The lowest BCUT2D eigenvalue weighted by atomic mass is 9.69. The van der Waals surface area contributed by atoms with E-state index in [4.69, 9.17) is 0 Å². The predicted molar refractivity (Wildman–Crippen MR) is 65.7 cm³/mol. The molecule has 1 heterocycles. The van der Waals surface area contributed by atoms with Crippen molar-refractivity contribution in [1.82, 2.24) is 14.9 Å². The second kappa shape index (κ2) is 4.56. The van der Waals surface area contributed by atoms with Gasteiger partial charge in [-0.15, -0.1) is 5.10 Å². The third-order valence-corrected chi connectivity index (χ3v) is 4.49. The maximum atomic E-state index is 11.8. The zero-order valence-electron chi connectivity index (χ0n) is 9.50. The number of allylic oxidation sites excluding steroid dienone is 2. The number of nitrogens with one attached hydrogen (secondary N) is 1. The molecule has 2 bridgehead atoms. The van der Waals surface area contributed by atoms with Crippen LogP contribution in [-0.2, 0) is 0 Å². The molecule has 1 amide bonds. The van der Waals surface area contributed by atoms with Crippen LogP contribution in [0.4, 0.5) is 0 Å². The fourth-order valence-electron chi connectivity index (χ4n) is 2.86. The molecule has 0 spiro atoms. The van der Waals surface area contributed by atoms with Gasteiger partial charge in [0.25, 0.3) is 5.91 Å². The van der Waals surface area contributed by atoms with Gasteiger partial charge in [0.15, 0.2) is 0 Å². The number of hydrogen-bond donors (Lipinski definition) is 1. The smallest absolute Gasteiger partial charge is 0.264 e. The fraction of sp³-hybridized carbons (Fsp3) is 0.583. The Morgan fingerprint density at radius 1 is 1.47 bits per heavy atom. The molecule has 3 atom stereocenters. The van der Waals surface area contributed by atoms with Crippen molar-refractivity contribution in [3.8, 4) is 0 Å². The molecule has 0 radical (unpaired) electrons. The first-order valence-electron chi connectivity index (χ1n) is 6.07. The lowest BCUT2D eigenvalue weighted by Gasteiger charge is -2.38. The Morgan fingerprint density at radius 2 is 2.41 bits per heavy atom. The predicted octanol–water partition coefficient (Wildman–Crippen LogP) is 1.87. The molecule has 1 aromatic rings. The number of carbonyl (C=O) groups excluding carboxylic acids is 1. The van der Waals surface area contributed by atoms with Crippen LogP contribution < -0.4 is 5.32 Å². The average Bonchev–Trinajstić information content (AvgIpc) is 2.91. The summed E-state index contributed by atoms with van der Waals surface area (Å²) in [7, 11) is 0. The van der Waals surface area contributed by atoms with Gasteiger partial charge in [0.2, 0.25) is 0 Å². The van der Waals surface area contributed by atoms with Gasteiger partial charge in [-0.2, -0.15) is 0 Å². The summed E-state index contributed by atoms with van der Waals surface area (Å²) in [6.45, 7) is 0.780.